The highest BCUT2D eigenvalue weighted by Gasteiger charge is 2.36. The van der Waals surface area contributed by atoms with Crippen LogP contribution in [0.4, 0.5) is 17.6 Å². The van der Waals surface area contributed by atoms with Crippen LogP contribution >= 0.6 is 12.4 Å². The fourth-order valence-electron chi connectivity index (χ4n) is 2.65. The average Bonchev–Trinajstić information content (AvgIpc) is 3.06. The maximum Gasteiger partial charge on any atom is 0.416 e. The van der Waals surface area contributed by atoms with E-state index < -0.39 is 23.1 Å². The van der Waals surface area contributed by atoms with E-state index in [2.05, 4.69) is 10.1 Å². The molecule has 4 nitrogen and oxygen atoms in total. The van der Waals surface area contributed by atoms with Gasteiger partial charge in [-0.2, -0.15) is 18.2 Å². The number of nitrogens with two attached hydrogens (primary N) is 1. The van der Waals surface area contributed by atoms with Crippen molar-refractivity contribution in [3.63, 3.8) is 0 Å². The van der Waals surface area contributed by atoms with Crippen molar-refractivity contribution in [2.45, 2.75) is 37.4 Å². The maximum atomic E-state index is 13.4. The predicted octanol–water partition coefficient (Wildman–Crippen LogP) is 4.04. The molecular formula is C14H14ClF4N3O. The van der Waals surface area contributed by atoms with E-state index in [1.165, 1.54) is 0 Å². The Kier molecular flexibility index (Phi) is 4.68. The fraction of sp³-hybridized carbons (Fsp3) is 0.429. The summed E-state index contributed by atoms with van der Waals surface area (Å²) in [5, 5.41) is 3.75. The number of alkyl halides is 3. The van der Waals surface area contributed by atoms with Crippen molar-refractivity contribution in [1.82, 2.24) is 10.1 Å². The molecule has 1 aliphatic carbocycles. The molecule has 1 fully saturated rings. The largest absolute Gasteiger partial charge is 0.416 e. The Hall–Kier alpha value is -1.67. The summed E-state index contributed by atoms with van der Waals surface area (Å²) in [5.41, 5.74) is 4.22. The summed E-state index contributed by atoms with van der Waals surface area (Å²) in [6.45, 7) is 0. The molecule has 0 radical (unpaired) electrons. The van der Waals surface area contributed by atoms with Gasteiger partial charge in [0.05, 0.1) is 11.1 Å². The van der Waals surface area contributed by atoms with E-state index in [4.69, 9.17) is 10.3 Å². The normalized spacial score (nSPS) is 17.1. The summed E-state index contributed by atoms with van der Waals surface area (Å²) in [6, 6.07) is 2.12. The second-order valence-corrected chi connectivity index (χ2v) is 5.51. The van der Waals surface area contributed by atoms with Crippen LogP contribution in [-0.2, 0) is 11.7 Å². The van der Waals surface area contributed by atoms with E-state index in [0.29, 0.717) is 18.9 Å². The summed E-state index contributed by atoms with van der Waals surface area (Å²) in [7, 11) is 0. The molecule has 9 heteroatoms. The van der Waals surface area contributed by atoms with Gasteiger partial charge in [0.15, 0.2) is 5.82 Å². The molecule has 1 saturated carbocycles. The molecule has 0 bridgehead atoms. The molecule has 1 heterocycles. The third-order valence-corrected chi connectivity index (χ3v) is 3.84. The van der Waals surface area contributed by atoms with Gasteiger partial charge in [0.1, 0.15) is 5.82 Å². The van der Waals surface area contributed by atoms with Crippen molar-refractivity contribution < 1.29 is 22.1 Å². The van der Waals surface area contributed by atoms with Gasteiger partial charge in [0.25, 0.3) is 5.89 Å². The Morgan fingerprint density at radius 1 is 1.13 bits per heavy atom. The van der Waals surface area contributed by atoms with E-state index in [9.17, 15) is 17.6 Å². The second-order valence-electron chi connectivity index (χ2n) is 5.51. The minimum Gasteiger partial charge on any atom is -0.334 e. The van der Waals surface area contributed by atoms with Crippen LogP contribution in [0.5, 0.6) is 0 Å². The number of hydrogen-bond acceptors (Lipinski definition) is 4. The summed E-state index contributed by atoms with van der Waals surface area (Å²) in [4.78, 5) is 4.06. The van der Waals surface area contributed by atoms with Gasteiger partial charge in [0.2, 0.25) is 0 Å². The summed E-state index contributed by atoms with van der Waals surface area (Å²) in [5.74, 6) is -0.942. The van der Waals surface area contributed by atoms with E-state index in [1.807, 2.05) is 0 Å². The van der Waals surface area contributed by atoms with Gasteiger partial charge in [-0.25, -0.2) is 4.39 Å². The van der Waals surface area contributed by atoms with Gasteiger partial charge in [0, 0.05) is 5.56 Å². The standard InChI is InChI=1S/C14H13F4N3O.ClH/c15-10-6-8(5-9(7-10)14(16,17)18)11-20-12(21-22-11)13(19)3-1-2-4-13;/h5-7H,1-4,19H2;1H. The lowest BCUT2D eigenvalue weighted by Gasteiger charge is -2.17. The Morgan fingerprint density at radius 2 is 1.78 bits per heavy atom. The molecule has 0 saturated heterocycles. The van der Waals surface area contributed by atoms with E-state index in [-0.39, 0.29) is 29.7 Å². The van der Waals surface area contributed by atoms with Crippen LogP contribution in [0.25, 0.3) is 11.5 Å². The zero-order valence-electron chi connectivity index (χ0n) is 11.9. The van der Waals surface area contributed by atoms with Gasteiger partial charge in [-0.1, -0.05) is 18.0 Å². The quantitative estimate of drug-likeness (QED) is 0.829. The van der Waals surface area contributed by atoms with Gasteiger partial charge >= 0.3 is 6.18 Å². The van der Waals surface area contributed by atoms with Crippen molar-refractivity contribution in [2.75, 3.05) is 0 Å². The number of halogens is 5. The minimum absolute atomic E-state index is 0. The Bertz CT molecular complexity index is 696. The Labute approximate surface area is 135 Å². The van der Waals surface area contributed by atoms with Crippen molar-refractivity contribution in [3.8, 4) is 11.5 Å². The third kappa shape index (κ3) is 3.48. The second kappa shape index (κ2) is 6.09. The molecule has 23 heavy (non-hydrogen) atoms. The van der Waals surface area contributed by atoms with Crippen LogP contribution in [-0.4, -0.2) is 10.1 Å². The summed E-state index contributed by atoms with van der Waals surface area (Å²) in [6.07, 6.45) is -1.43. The molecule has 2 aromatic rings. The molecule has 126 valence electrons. The number of benzene rings is 1. The van der Waals surface area contributed by atoms with Crippen LogP contribution in [0.1, 0.15) is 37.1 Å². The highest BCUT2D eigenvalue weighted by molar-refractivity contribution is 5.85. The van der Waals surface area contributed by atoms with Gasteiger partial charge in [-0.15, -0.1) is 12.4 Å². The zero-order valence-corrected chi connectivity index (χ0v) is 12.7. The first-order valence-corrected chi connectivity index (χ1v) is 6.79. The lowest BCUT2D eigenvalue weighted by atomic mass is 9.98. The Balaban J connectivity index is 0.00000192. The van der Waals surface area contributed by atoms with E-state index in [1.54, 1.807) is 0 Å². The molecular weight excluding hydrogens is 338 g/mol. The number of rotatable bonds is 2. The fourth-order valence-corrected chi connectivity index (χ4v) is 2.65. The van der Waals surface area contributed by atoms with Gasteiger partial charge in [-0.3, -0.25) is 0 Å². The van der Waals surface area contributed by atoms with Gasteiger partial charge in [-0.05, 0) is 31.0 Å². The molecule has 0 spiro atoms. The van der Waals surface area contributed by atoms with Crippen molar-refractivity contribution >= 4 is 12.4 Å². The molecule has 0 aliphatic heterocycles. The smallest absolute Gasteiger partial charge is 0.334 e. The molecule has 3 rings (SSSR count). The monoisotopic (exact) mass is 351 g/mol. The van der Waals surface area contributed by atoms with Crippen molar-refractivity contribution in [3.05, 3.63) is 35.4 Å². The third-order valence-electron chi connectivity index (χ3n) is 3.84. The topological polar surface area (TPSA) is 64.9 Å². The minimum atomic E-state index is -4.65. The van der Waals surface area contributed by atoms with E-state index in [0.717, 1.165) is 25.0 Å². The number of nitrogens with zero attached hydrogens (tertiary/aromatic N) is 2. The predicted molar refractivity (Wildman–Crippen MR) is 76.3 cm³/mol. The molecule has 2 N–H and O–H groups in total. The first-order valence-electron chi connectivity index (χ1n) is 6.79. The van der Waals surface area contributed by atoms with Gasteiger partial charge < -0.3 is 10.3 Å². The highest BCUT2D eigenvalue weighted by Crippen LogP contribution is 2.36. The van der Waals surface area contributed by atoms with Crippen LogP contribution in [0.2, 0.25) is 0 Å². The average molecular weight is 352 g/mol. The molecule has 1 aromatic heterocycles. The Morgan fingerprint density at radius 3 is 2.39 bits per heavy atom. The summed E-state index contributed by atoms with van der Waals surface area (Å²) < 4.78 is 56.6. The van der Waals surface area contributed by atoms with E-state index >= 15 is 0 Å². The van der Waals surface area contributed by atoms with Crippen LogP contribution in [0.15, 0.2) is 22.7 Å². The number of aromatic nitrogens is 2. The summed E-state index contributed by atoms with van der Waals surface area (Å²) >= 11 is 0. The molecule has 1 aliphatic rings. The number of hydrogen-bond donors (Lipinski definition) is 1. The SMILES string of the molecule is Cl.NC1(c2noc(-c3cc(F)cc(C(F)(F)F)c3)n2)CCCC1. The first-order chi connectivity index (χ1) is 10.3. The van der Waals surface area contributed by atoms with Crippen molar-refractivity contribution in [1.29, 1.82) is 0 Å². The van der Waals surface area contributed by atoms with Crippen molar-refractivity contribution in [2.24, 2.45) is 5.73 Å². The molecule has 0 atom stereocenters. The van der Waals surface area contributed by atoms with Crippen LogP contribution in [0, 0.1) is 5.82 Å². The zero-order chi connectivity index (χ0) is 16.0. The highest BCUT2D eigenvalue weighted by atomic mass is 35.5. The first kappa shape index (κ1) is 17.7. The van der Waals surface area contributed by atoms with Crippen LogP contribution < -0.4 is 5.73 Å². The van der Waals surface area contributed by atoms with Crippen LogP contribution in [0.3, 0.4) is 0 Å². The maximum absolute atomic E-state index is 13.4. The molecule has 1 aromatic carbocycles. The molecule has 0 unspecified atom stereocenters. The lowest BCUT2D eigenvalue weighted by molar-refractivity contribution is -0.137. The lowest BCUT2D eigenvalue weighted by Crippen LogP contribution is -2.34. The molecule has 0 amide bonds.